The maximum Gasteiger partial charge on any atom is 0.0701 e. The zero-order chi connectivity index (χ0) is 13.8. The van der Waals surface area contributed by atoms with E-state index in [2.05, 4.69) is 51.0 Å². The van der Waals surface area contributed by atoms with Gasteiger partial charge in [0.25, 0.3) is 0 Å². The van der Waals surface area contributed by atoms with Gasteiger partial charge in [-0.2, -0.15) is 5.10 Å². The summed E-state index contributed by atoms with van der Waals surface area (Å²) in [4.78, 5) is 0. The van der Waals surface area contributed by atoms with Crippen molar-refractivity contribution in [1.29, 1.82) is 0 Å². The first kappa shape index (κ1) is 14.8. The molecular formula is C15H24BrN3. The molecule has 1 N–H and O–H groups in total. The number of aromatic nitrogens is 2. The van der Waals surface area contributed by atoms with Gasteiger partial charge in [-0.1, -0.05) is 11.6 Å². The number of nitrogens with zero attached hydrogens (tertiary/aromatic N) is 2. The van der Waals surface area contributed by atoms with Crippen LogP contribution in [0, 0.1) is 0 Å². The third-order valence-electron chi connectivity index (χ3n) is 3.81. The Balaban J connectivity index is 2.21. The summed E-state index contributed by atoms with van der Waals surface area (Å²) < 4.78 is 3.23. The Morgan fingerprint density at radius 2 is 2.21 bits per heavy atom. The van der Waals surface area contributed by atoms with Gasteiger partial charge in [-0.3, -0.25) is 4.68 Å². The minimum absolute atomic E-state index is 0.337. The van der Waals surface area contributed by atoms with Crippen LogP contribution in [-0.2, 0) is 0 Å². The first-order chi connectivity index (χ1) is 9.13. The van der Waals surface area contributed by atoms with Crippen molar-refractivity contribution in [3.8, 4) is 0 Å². The molecule has 1 aromatic rings. The fourth-order valence-electron chi connectivity index (χ4n) is 2.78. The summed E-state index contributed by atoms with van der Waals surface area (Å²) in [6.07, 6.45) is 10.6. The molecule has 2 rings (SSSR count). The molecule has 0 amide bonds. The van der Waals surface area contributed by atoms with Gasteiger partial charge in [0.05, 0.1) is 22.4 Å². The smallest absolute Gasteiger partial charge is 0.0701 e. The molecule has 0 saturated heterocycles. The first-order valence-corrected chi connectivity index (χ1v) is 8.00. The number of nitrogens with one attached hydrogen (secondary N) is 1. The van der Waals surface area contributed by atoms with Gasteiger partial charge in [-0.05, 0) is 68.9 Å². The molecule has 1 heterocycles. The maximum atomic E-state index is 4.49. The molecule has 0 bridgehead atoms. The molecule has 0 spiro atoms. The highest BCUT2D eigenvalue weighted by atomic mass is 79.9. The zero-order valence-electron chi connectivity index (χ0n) is 12.1. The van der Waals surface area contributed by atoms with E-state index in [0.717, 1.165) is 10.9 Å². The molecule has 1 atom stereocenters. The highest BCUT2D eigenvalue weighted by molar-refractivity contribution is 9.10. The SMILES string of the molecule is CNC(CC1=CCCCC1)c1c(Br)cnn1C(C)C. The Morgan fingerprint density at radius 3 is 2.79 bits per heavy atom. The molecule has 0 fully saturated rings. The van der Waals surface area contributed by atoms with Gasteiger partial charge in [-0.25, -0.2) is 0 Å². The van der Waals surface area contributed by atoms with Crippen molar-refractivity contribution in [3.63, 3.8) is 0 Å². The Kier molecular flexibility index (Phi) is 5.22. The van der Waals surface area contributed by atoms with Crippen molar-refractivity contribution in [3.05, 3.63) is 28.0 Å². The van der Waals surface area contributed by atoms with Crippen molar-refractivity contribution >= 4 is 15.9 Å². The Labute approximate surface area is 124 Å². The van der Waals surface area contributed by atoms with E-state index in [9.17, 15) is 0 Å². The van der Waals surface area contributed by atoms with Gasteiger partial charge in [-0.15, -0.1) is 0 Å². The lowest BCUT2D eigenvalue weighted by molar-refractivity contribution is 0.453. The highest BCUT2D eigenvalue weighted by Crippen LogP contribution is 2.32. The van der Waals surface area contributed by atoms with E-state index in [1.807, 2.05) is 13.2 Å². The van der Waals surface area contributed by atoms with Crippen LogP contribution in [0.3, 0.4) is 0 Å². The molecule has 1 aromatic heterocycles. The number of allylic oxidation sites excluding steroid dienone is 1. The topological polar surface area (TPSA) is 29.9 Å². The summed E-state index contributed by atoms with van der Waals surface area (Å²) in [7, 11) is 2.04. The molecule has 3 nitrogen and oxygen atoms in total. The van der Waals surface area contributed by atoms with Crippen LogP contribution in [-0.4, -0.2) is 16.8 Å². The van der Waals surface area contributed by atoms with Crippen molar-refractivity contribution in [2.75, 3.05) is 7.05 Å². The average molecular weight is 326 g/mol. The Bertz CT molecular complexity index is 448. The first-order valence-electron chi connectivity index (χ1n) is 7.21. The number of hydrogen-bond donors (Lipinski definition) is 1. The molecule has 1 aliphatic rings. The molecular weight excluding hydrogens is 302 g/mol. The van der Waals surface area contributed by atoms with Gasteiger partial charge in [0.1, 0.15) is 0 Å². The Morgan fingerprint density at radius 1 is 1.42 bits per heavy atom. The standard InChI is InChI=1S/C15H24BrN3/c1-11(2)19-15(13(16)10-18-19)14(17-3)9-12-7-5-4-6-8-12/h7,10-11,14,17H,4-6,8-9H2,1-3H3. The van der Waals surface area contributed by atoms with Gasteiger partial charge in [0.15, 0.2) is 0 Å². The number of rotatable bonds is 5. The normalized spacial score (nSPS) is 17.6. The predicted molar refractivity (Wildman–Crippen MR) is 83.3 cm³/mol. The van der Waals surface area contributed by atoms with Crippen LogP contribution in [0.25, 0.3) is 0 Å². The van der Waals surface area contributed by atoms with Crippen LogP contribution in [0.4, 0.5) is 0 Å². The second-order valence-corrected chi connectivity index (χ2v) is 6.42. The van der Waals surface area contributed by atoms with Crippen LogP contribution in [0.5, 0.6) is 0 Å². The van der Waals surface area contributed by atoms with E-state index in [1.165, 1.54) is 31.4 Å². The van der Waals surface area contributed by atoms with Crippen LogP contribution >= 0.6 is 15.9 Å². The lowest BCUT2D eigenvalue weighted by Crippen LogP contribution is -2.22. The second-order valence-electron chi connectivity index (χ2n) is 5.57. The van der Waals surface area contributed by atoms with Crippen LogP contribution < -0.4 is 5.32 Å². The molecule has 0 saturated carbocycles. The van der Waals surface area contributed by atoms with Crippen molar-refractivity contribution in [1.82, 2.24) is 15.1 Å². The third kappa shape index (κ3) is 3.48. The quantitative estimate of drug-likeness (QED) is 0.814. The Hall–Kier alpha value is -0.610. The average Bonchev–Trinajstić information content (AvgIpc) is 2.79. The molecule has 0 aliphatic heterocycles. The zero-order valence-corrected chi connectivity index (χ0v) is 13.7. The molecule has 0 radical (unpaired) electrons. The van der Waals surface area contributed by atoms with E-state index in [1.54, 1.807) is 5.57 Å². The molecule has 1 aliphatic carbocycles. The van der Waals surface area contributed by atoms with E-state index in [0.29, 0.717) is 12.1 Å². The van der Waals surface area contributed by atoms with E-state index in [4.69, 9.17) is 0 Å². The largest absolute Gasteiger partial charge is 0.311 e. The number of hydrogen-bond acceptors (Lipinski definition) is 2. The van der Waals surface area contributed by atoms with Gasteiger partial charge in [0, 0.05) is 6.04 Å². The van der Waals surface area contributed by atoms with Crippen LogP contribution in [0.15, 0.2) is 22.3 Å². The summed E-state index contributed by atoms with van der Waals surface area (Å²) >= 11 is 3.65. The van der Waals surface area contributed by atoms with E-state index < -0.39 is 0 Å². The van der Waals surface area contributed by atoms with Crippen molar-refractivity contribution < 1.29 is 0 Å². The highest BCUT2D eigenvalue weighted by Gasteiger charge is 2.21. The van der Waals surface area contributed by atoms with E-state index in [-0.39, 0.29) is 0 Å². The monoisotopic (exact) mass is 325 g/mol. The van der Waals surface area contributed by atoms with Gasteiger partial charge in [0.2, 0.25) is 0 Å². The van der Waals surface area contributed by atoms with Gasteiger partial charge >= 0.3 is 0 Å². The van der Waals surface area contributed by atoms with Gasteiger partial charge < -0.3 is 5.32 Å². The fourth-order valence-corrected chi connectivity index (χ4v) is 3.33. The summed E-state index contributed by atoms with van der Waals surface area (Å²) in [6.45, 7) is 4.35. The lowest BCUT2D eigenvalue weighted by Gasteiger charge is -2.23. The maximum absolute atomic E-state index is 4.49. The molecule has 106 valence electrons. The van der Waals surface area contributed by atoms with Crippen molar-refractivity contribution in [2.24, 2.45) is 0 Å². The number of halogens is 1. The molecule has 19 heavy (non-hydrogen) atoms. The summed E-state index contributed by atoms with van der Waals surface area (Å²) in [5.41, 5.74) is 2.86. The molecule has 1 unspecified atom stereocenters. The van der Waals surface area contributed by atoms with E-state index >= 15 is 0 Å². The van der Waals surface area contributed by atoms with Crippen LogP contribution in [0.1, 0.15) is 63.7 Å². The summed E-state index contributed by atoms with van der Waals surface area (Å²) in [5, 5.41) is 7.94. The third-order valence-corrected chi connectivity index (χ3v) is 4.42. The summed E-state index contributed by atoms with van der Waals surface area (Å²) in [6, 6.07) is 0.723. The lowest BCUT2D eigenvalue weighted by atomic mass is 9.93. The minimum atomic E-state index is 0.337. The molecule has 0 aromatic carbocycles. The second kappa shape index (κ2) is 6.71. The fraction of sp³-hybridized carbons (Fsp3) is 0.667. The van der Waals surface area contributed by atoms with Crippen molar-refractivity contribution in [2.45, 2.75) is 58.0 Å². The molecule has 4 heteroatoms. The van der Waals surface area contributed by atoms with Crippen LogP contribution in [0.2, 0.25) is 0 Å². The minimum Gasteiger partial charge on any atom is -0.311 e. The summed E-state index contributed by atoms with van der Waals surface area (Å²) in [5.74, 6) is 0. The predicted octanol–water partition coefficient (Wildman–Crippen LogP) is 4.38.